The number of hydrogen-bond donors (Lipinski definition) is 1. The van der Waals surface area contributed by atoms with E-state index < -0.39 is 10.0 Å². The van der Waals surface area contributed by atoms with Gasteiger partial charge in [-0.15, -0.1) is 0 Å². The maximum Gasteiger partial charge on any atom is 0.238 e. The maximum absolute atomic E-state index is 11.3. The average molecular weight is 378 g/mol. The van der Waals surface area contributed by atoms with Crippen LogP contribution in [0.15, 0.2) is 70.2 Å². The molecule has 0 fully saturated rings. The van der Waals surface area contributed by atoms with Gasteiger partial charge in [0.25, 0.3) is 0 Å². The van der Waals surface area contributed by atoms with Crippen LogP contribution in [0.25, 0.3) is 16.9 Å². The quantitative estimate of drug-likeness (QED) is 0.761. The van der Waals surface area contributed by atoms with E-state index in [2.05, 4.69) is 21.0 Å². The summed E-state index contributed by atoms with van der Waals surface area (Å²) in [6.45, 7) is 0. The van der Waals surface area contributed by atoms with Crippen molar-refractivity contribution in [2.75, 3.05) is 0 Å². The van der Waals surface area contributed by atoms with Crippen LogP contribution in [0.5, 0.6) is 0 Å². The van der Waals surface area contributed by atoms with Gasteiger partial charge in [0.05, 0.1) is 26.9 Å². The van der Waals surface area contributed by atoms with Crippen LogP contribution in [-0.2, 0) is 10.0 Å². The van der Waals surface area contributed by atoms with Crippen LogP contribution in [-0.4, -0.2) is 18.2 Å². The Bertz CT molecular complexity index is 904. The molecule has 2 aromatic carbocycles. The Balaban J connectivity index is 2.11. The number of aromatic nitrogens is 2. The van der Waals surface area contributed by atoms with E-state index in [4.69, 9.17) is 5.14 Å². The molecule has 0 aliphatic rings. The minimum Gasteiger partial charge on any atom is -0.232 e. The first kappa shape index (κ1) is 15.0. The first-order valence-corrected chi connectivity index (χ1v) is 8.73. The molecular formula is C15H12BrN3O2S. The van der Waals surface area contributed by atoms with Crippen molar-refractivity contribution in [1.29, 1.82) is 0 Å². The Hall–Kier alpha value is -1.96. The summed E-state index contributed by atoms with van der Waals surface area (Å²) in [4.78, 5) is 0.0729. The van der Waals surface area contributed by atoms with Gasteiger partial charge in [0.1, 0.15) is 0 Å². The van der Waals surface area contributed by atoms with E-state index in [1.54, 1.807) is 23.0 Å². The highest BCUT2D eigenvalue weighted by Gasteiger charge is 2.13. The second-order valence-corrected chi connectivity index (χ2v) is 7.07. The topological polar surface area (TPSA) is 78.0 Å². The maximum atomic E-state index is 11.3. The monoisotopic (exact) mass is 377 g/mol. The van der Waals surface area contributed by atoms with Crippen LogP contribution in [0.3, 0.4) is 0 Å². The molecule has 0 amide bonds. The number of hydrogen-bond acceptors (Lipinski definition) is 3. The predicted molar refractivity (Wildman–Crippen MR) is 88.1 cm³/mol. The van der Waals surface area contributed by atoms with Crippen LogP contribution in [0, 0.1) is 0 Å². The number of primary sulfonamides is 1. The van der Waals surface area contributed by atoms with E-state index in [1.165, 1.54) is 12.1 Å². The molecule has 0 radical (unpaired) electrons. The smallest absolute Gasteiger partial charge is 0.232 e. The summed E-state index contributed by atoms with van der Waals surface area (Å²) in [7, 11) is -3.70. The average Bonchev–Trinajstić information content (AvgIpc) is 2.89. The zero-order chi connectivity index (χ0) is 15.7. The molecule has 1 heterocycles. The van der Waals surface area contributed by atoms with Gasteiger partial charge in [-0.2, -0.15) is 5.10 Å². The van der Waals surface area contributed by atoms with Crippen LogP contribution in [0.1, 0.15) is 0 Å². The molecule has 112 valence electrons. The Morgan fingerprint density at radius 1 is 1.00 bits per heavy atom. The Labute approximate surface area is 136 Å². The van der Waals surface area contributed by atoms with Crippen molar-refractivity contribution in [2.24, 2.45) is 5.14 Å². The van der Waals surface area contributed by atoms with Crippen molar-refractivity contribution < 1.29 is 8.42 Å². The molecule has 2 N–H and O–H groups in total. The third kappa shape index (κ3) is 2.83. The number of sulfonamides is 1. The van der Waals surface area contributed by atoms with E-state index in [1.807, 2.05) is 30.3 Å². The van der Waals surface area contributed by atoms with Crippen molar-refractivity contribution in [3.8, 4) is 16.9 Å². The normalized spacial score (nSPS) is 11.5. The highest BCUT2D eigenvalue weighted by Crippen LogP contribution is 2.30. The third-order valence-electron chi connectivity index (χ3n) is 3.18. The molecule has 3 aromatic rings. The molecule has 0 bridgehead atoms. The zero-order valence-electron chi connectivity index (χ0n) is 11.3. The minimum absolute atomic E-state index is 0.0729. The van der Waals surface area contributed by atoms with Crippen molar-refractivity contribution in [3.05, 3.63) is 65.3 Å². The molecule has 5 nitrogen and oxygen atoms in total. The summed E-state index contributed by atoms with van der Waals surface area (Å²) in [5, 5.41) is 9.46. The highest BCUT2D eigenvalue weighted by atomic mass is 79.9. The number of benzene rings is 2. The second-order valence-electron chi connectivity index (χ2n) is 4.66. The summed E-state index contributed by atoms with van der Waals surface area (Å²) < 4.78 is 25.2. The highest BCUT2D eigenvalue weighted by molar-refractivity contribution is 9.10. The number of halogens is 1. The van der Waals surface area contributed by atoms with Gasteiger partial charge in [0.2, 0.25) is 10.0 Å². The molecule has 0 atom stereocenters. The molecule has 3 rings (SSSR count). The van der Waals surface area contributed by atoms with Crippen molar-refractivity contribution in [1.82, 2.24) is 9.78 Å². The van der Waals surface area contributed by atoms with E-state index in [0.717, 1.165) is 21.4 Å². The molecule has 0 spiro atoms. The lowest BCUT2D eigenvalue weighted by atomic mass is 10.1. The SMILES string of the molecule is NS(=O)(=O)c1ccc(-n2ncc(Br)c2-c2ccccc2)cc1. The predicted octanol–water partition coefficient (Wildman–Crippen LogP) is 2.95. The molecule has 0 unspecified atom stereocenters. The van der Waals surface area contributed by atoms with Gasteiger partial charge < -0.3 is 0 Å². The van der Waals surface area contributed by atoms with Gasteiger partial charge in [-0.25, -0.2) is 18.2 Å². The van der Waals surface area contributed by atoms with Gasteiger partial charge >= 0.3 is 0 Å². The third-order valence-corrected chi connectivity index (χ3v) is 4.69. The molecule has 0 saturated heterocycles. The number of nitrogens with two attached hydrogens (primary N) is 1. The fraction of sp³-hybridized carbons (Fsp3) is 0. The second kappa shape index (κ2) is 5.68. The largest absolute Gasteiger partial charge is 0.238 e. The van der Waals surface area contributed by atoms with E-state index >= 15 is 0 Å². The minimum atomic E-state index is -3.70. The van der Waals surface area contributed by atoms with E-state index in [9.17, 15) is 8.42 Å². The summed E-state index contributed by atoms with van der Waals surface area (Å²) in [6.07, 6.45) is 1.70. The van der Waals surface area contributed by atoms with Gasteiger partial charge in [-0.3, -0.25) is 0 Å². The summed E-state index contributed by atoms with van der Waals surface area (Å²) >= 11 is 3.50. The summed E-state index contributed by atoms with van der Waals surface area (Å²) in [5.41, 5.74) is 2.64. The lowest BCUT2D eigenvalue weighted by Gasteiger charge is -2.09. The molecule has 1 aromatic heterocycles. The van der Waals surface area contributed by atoms with Gasteiger partial charge in [0, 0.05) is 5.56 Å². The number of nitrogens with zero attached hydrogens (tertiary/aromatic N) is 2. The molecule has 0 aliphatic heterocycles. The van der Waals surface area contributed by atoms with Crippen LogP contribution in [0.4, 0.5) is 0 Å². The van der Waals surface area contributed by atoms with Crippen molar-refractivity contribution >= 4 is 26.0 Å². The van der Waals surface area contributed by atoms with Gasteiger partial charge in [-0.1, -0.05) is 30.3 Å². The fourth-order valence-corrected chi connectivity index (χ4v) is 3.16. The molecule has 22 heavy (non-hydrogen) atoms. The Morgan fingerprint density at radius 2 is 1.64 bits per heavy atom. The van der Waals surface area contributed by atoms with Crippen molar-refractivity contribution in [2.45, 2.75) is 4.90 Å². The van der Waals surface area contributed by atoms with Crippen LogP contribution >= 0.6 is 15.9 Å². The summed E-state index contributed by atoms with van der Waals surface area (Å²) in [6, 6.07) is 16.1. The standard InChI is InChI=1S/C15H12BrN3O2S/c16-14-10-18-19(15(14)11-4-2-1-3-5-11)12-6-8-13(9-7-12)22(17,20)21/h1-10H,(H2,17,20,21). The van der Waals surface area contributed by atoms with Gasteiger partial charge in [-0.05, 0) is 40.2 Å². The Morgan fingerprint density at radius 3 is 2.23 bits per heavy atom. The molecular weight excluding hydrogens is 366 g/mol. The van der Waals surface area contributed by atoms with Crippen LogP contribution in [0.2, 0.25) is 0 Å². The molecule has 7 heteroatoms. The van der Waals surface area contributed by atoms with Crippen LogP contribution < -0.4 is 5.14 Å². The lowest BCUT2D eigenvalue weighted by Crippen LogP contribution is -2.12. The lowest BCUT2D eigenvalue weighted by molar-refractivity contribution is 0.598. The Kier molecular flexibility index (Phi) is 3.86. The van der Waals surface area contributed by atoms with Gasteiger partial charge in [0.15, 0.2) is 0 Å². The van der Waals surface area contributed by atoms with E-state index in [-0.39, 0.29) is 4.90 Å². The first-order chi connectivity index (χ1) is 10.5. The first-order valence-electron chi connectivity index (χ1n) is 6.39. The van der Waals surface area contributed by atoms with Crippen molar-refractivity contribution in [3.63, 3.8) is 0 Å². The molecule has 0 saturated carbocycles. The summed E-state index contributed by atoms with van der Waals surface area (Å²) in [5.74, 6) is 0. The zero-order valence-corrected chi connectivity index (χ0v) is 13.8. The fourth-order valence-electron chi connectivity index (χ4n) is 2.16. The van der Waals surface area contributed by atoms with E-state index in [0.29, 0.717) is 0 Å². The number of rotatable bonds is 3. The molecule has 0 aliphatic carbocycles.